The van der Waals surface area contributed by atoms with Crippen LogP contribution in [0.4, 0.5) is 0 Å². The van der Waals surface area contributed by atoms with E-state index in [-0.39, 0.29) is 5.91 Å². The number of piperidine rings is 1. The van der Waals surface area contributed by atoms with E-state index < -0.39 is 5.97 Å². The van der Waals surface area contributed by atoms with Crippen molar-refractivity contribution < 1.29 is 19.4 Å². The van der Waals surface area contributed by atoms with Crippen LogP contribution in [0.5, 0.6) is 5.75 Å². The lowest BCUT2D eigenvalue weighted by molar-refractivity contribution is -0.134. The second-order valence-electron chi connectivity index (χ2n) is 6.50. The van der Waals surface area contributed by atoms with Crippen molar-refractivity contribution in [2.24, 2.45) is 5.73 Å². The van der Waals surface area contributed by atoms with Gasteiger partial charge in [-0.15, -0.1) is 10.2 Å². The number of nitrogens with two attached hydrogens (primary N) is 1. The van der Waals surface area contributed by atoms with Gasteiger partial charge < -0.3 is 25.0 Å². The van der Waals surface area contributed by atoms with Crippen LogP contribution in [0, 0.1) is 0 Å². The Bertz CT molecular complexity index is 739. The molecule has 3 N–H and O–H groups in total. The highest BCUT2D eigenvalue weighted by atomic mass is 16.5. The predicted octanol–water partition coefficient (Wildman–Crippen LogP) is 1.11. The number of hydrogen-bond donors (Lipinski definition) is 2. The van der Waals surface area contributed by atoms with Crippen LogP contribution < -0.4 is 10.5 Å². The Morgan fingerprint density at radius 1 is 1.25 bits per heavy atom. The molecule has 0 saturated carbocycles. The van der Waals surface area contributed by atoms with Crippen LogP contribution in [0.25, 0.3) is 0 Å². The number of benzene rings is 1. The Labute approximate surface area is 164 Å². The number of carboxylic acid groups (broad SMARTS) is 1. The van der Waals surface area contributed by atoms with Crippen LogP contribution in [-0.4, -0.2) is 62.9 Å². The first-order chi connectivity index (χ1) is 13.5. The molecule has 28 heavy (non-hydrogen) atoms. The number of aliphatic carboxylic acids is 1. The van der Waals surface area contributed by atoms with Crippen molar-refractivity contribution in [3.05, 3.63) is 42.5 Å². The summed E-state index contributed by atoms with van der Waals surface area (Å²) in [5.74, 6) is 0.0882. The Morgan fingerprint density at radius 2 is 1.89 bits per heavy atom. The number of carboxylic acids is 1. The van der Waals surface area contributed by atoms with Crippen LogP contribution in [-0.2, 0) is 16.0 Å². The average Bonchev–Trinajstić information content (AvgIpc) is 3.21. The number of ether oxygens (including phenoxy) is 1. The zero-order valence-corrected chi connectivity index (χ0v) is 16.0. The van der Waals surface area contributed by atoms with Gasteiger partial charge >= 0.3 is 0 Å². The number of carbonyl (C=O) groups is 2. The normalized spacial score (nSPS) is 14.1. The van der Waals surface area contributed by atoms with E-state index >= 15 is 0 Å². The van der Waals surface area contributed by atoms with E-state index in [0.717, 1.165) is 44.2 Å². The quantitative estimate of drug-likeness (QED) is 0.758. The molecule has 0 spiro atoms. The summed E-state index contributed by atoms with van der Waals surface area (Å²) in [4.78, 5) is 23.5. The first-order valence-electron chi connectivity index (χ1n) is 9.22. The molecule has 1 amide bonds. The molecule has 1 aromatic heterocycles. The molecule has 2 heterocycles. The Balaban J connectivity index is 0.000000640. The monoisotopic (exact) mass is 389 g/mol. The summed E-state index contributed by atoms with van der Waals surface area (Å²) in [6, 6.07) is 8.05. The molecular weight excluding hydrogens is 362 g/mol. The van der Waals surface area contributed by atoms with Crippen LogP contribution >= 0.6 is 0 Å². The van der Waals surface area contributed by atoms with Gasteiger partial charge in [-0.05, 0) is 30.5 Å². The zero-order valence-electron chi connectivity index (χ0n) is 16.0. The fourth-order valence-electron chi connectivity index (χ4n) is 3.02. The van der Waals surface area contributed by atoms with Crippen molar-refractivity contribution in [1.82, 2.24) is 19.7 Å². The highest BCUT2D eigenvalue weighted by Crippen LogP contribution is 2.22. The fourth-order valence-corrected chi connectivity index (χ4v) is 3.02. The standard InChI is InChI=1S/C17H23N5O2.C2H4O2/c18-6-9-24-16-3-1-2-14(10-16)11-17(23)21-7-4-15(5-8-21)22-12-19-20-13-22;1-2(3)4/h1-3,10,12-13,15H,4-9,11,18H2;1H3,(H,3,4). The number of likely N-dealkylation sites (tertiary alicyclic amines) is 1. The van der Waals surface area contributed by atoms with Crippen molar-refractivity contribution >= 4 is 11.9 Å². The topological polar surface area (TPSA) is 124 Å². The molecule has 0 aliphatic carbocycles. The van der Waals surface area contributed by atoms with Gasteiger partial charge in [0.05, 0.1) is 6.42 Å². The minimum atomic E-state index is -0.833. The number of nitrogens with zero attached hydrogens (tertiary/aromatic N) is 4. The Morgan fingerprint density at radius 3 is 2.50 bits per heavy atom. The SMILES string of the molecule is CC(=O)O.NCCOc1cccc(CC(=O)N2CCC(n3cnnc3)CC2)c1. The molecular formula is C19H27N5O4. The van der Waals surface area contributed by atoms with Crippen molar-refractivity contribution in [3.63, 3.8) is 0 Å². The maximum absolute atomic E-state index is 12.5. The van der Waals surface area contributed by atoms with E-state index in [4.69, 9.17) is 20.4 Å². The minimum absolute atomic E-state index is 0.160. The van der Waals surface area contributed by atoms with E-state index in [0.29, 0.717) is 25.6 Å². The van der Waals surface area contributed by atoms with Crippen LogP contribution in [0.2, 0.25) is 0 Å². The molecule has 0 unspecified atom stereocenters. The van der Waals surface area contributed by atoms with Crippen LogP contribution in [0.3, 0.4) is 0 Å². The summed E-state index contributed by atoms with van der Waals surface area (Å²) >= 11 is 0. The third-order valence-electron chi connectivity index (χ3n) is 4.32. The number of amides is 1. The lowest BCUT2D eigenvalue weighted by Crippen LogP contribution is -2.39. The Kier molecular flexibility index (Phi) is 8.41. The highest BCUT2D eigenvalue weighted by Gasteiger charge is 2.23. The van der Waals surface area contributed by atoms with Gasteiger partial charge in [-0.2, -0.15) is 0 Å². The lowest BCUT2D eigenvalue weighted by atomic mass is 10.0. The molecule has 9 nitrogen and oxygen atoms in total. The third-order valence-corrected chi connectivity index (χ3v) is 4.32. The van der Waals surface area contributed by atoms with Gasteiger partial charge in [-0.1, -0.05) is 12.1 Å². The molecule has 0 bridgehead atoms. The summed E-state index contributed by atoms with van der Waals surface area (Å²) in [6.07, 6.45) is 5.76. The molecule has 1 aliphatic rings. The van der Waals surface area contributed by atoms with Gasteiger partial charge in [0.15, 0.2) is 0 Å². The van der Waals surface area contributed by atoms with E-state index in [1.54, 1.807) is 12.7 Å². The summed E-state index contributed by atoms with van der Waals surface area (Å²) in [5, 5.41) is 15.1. The van der Waals surface area contributed by atoms with Crippen LogP contribution in [0.15, 0.2) is 36.9 Å². The predicted molar refractivity (Wildman–Crippen MR) is 103 cm³/mol. The molecule has 1 saturated heterocycles. The molecule has 0 radical (unpaired) electrons. The molecule has 1 aliphatic heterocycles. The second kappa shape index (κ2) is 11.0. The molecule has 2 aromatic rings. The van der Waals surface area contributed by atoms with Gasteiger partial charge in [0, 0.05) is 32.6 Å². The second-order valence-corrected chi connectivity index (χ2v) is 6.50. The first-order valence-corrected chi connectivity index (χ1v) is 9.22. The molecule has 152 valence electrons. The van der Waals surface area contributed by atoms with E-state index in [2.05, 4.69) is 10.2 Å². The number of hydrogen-bond acceptors (Lipinski definition) is 6. The van der Waals surface area contributed by atoms with E-state index in [9.17, 15) is 4.79 Å². The fraction of sp³-hybridized carbons (Fsp3) is 0.474. The van der Waals surface area contributed by atoms with Gasteiger partial charge in [0.2, 0.25) is 5.91 Å². The van der Waals surface area contributed by atoms with Gasteiger partial charge in [0.25, 0.3) is 5.97 Å². The summed E-state index contributed by atoms with van der Waals surface area (Å²) in [5.41, 5.74) is 6.41. The van der Waals surface area contributed by atoms with Crippen molar-refractivity contribution in [1.29, 1.82) is 0 Å². The number of carbonyl (C=O) groups excluding carboxylic acids is 1. The van der Waals surface area contributed by atoms with Crippen molar-refractivity contribution in [2.45, 2.75) is 32.2 Å². The van der Waals surface area contributed by atoms with E-state index in [1.807, 2.05) is 33.7 Å². The van der Waals surface area contributed by atoms with Gasteiger partial charge in [-0.3, -0.25) is 9.59 Å². The number of aromatic nitrogens is 3. The van der Waals surface area contributed by atoms with Crippen molar-refractivity contribution in [3.8, 4) is 5.75 Å². The highest BCUT2D eigenvalue weighted by molar-refractivity contribution is 5.79. The largest absolute Gasteiger partial charge is 0.492 e. The molecule has 9 heteroatoms. The molecule has 3 rings (SSSR count). The minimum Gasteiger partial charge on any atom is -0.492 e. The summed E-state index contributed by atoms with van der Waals surface area (Å²) in [7, 11) is 0. The summed E-state index contributed by atoms with van der Waals surface area (Å²) < 4.78 is 7.54. The first kappa shape index (κ1) is 21.4. The lowest BCUT2D eigenvalue weighted by Gasteiger charge is -2.32. The van der Waals surface area contributed by atoms with Gasteiger partial charge in [0.1, 0.15) is 25.0 Å². The maximum atomic E-state index is 12.5. The molecule has 1 fully saturated rings. The zero-order chi connectivity index (χ0) is 20.4. The Hall–Kier alpha value is -2.94. The molecule has 0 atom stereocenters. The van der Waals surface area contributed by atoms with Gasteiger partial charge in [-0.25, -0.2) is 0 Å². The maximum Gasteiger partial charge on any atom is 0.300 e. The summed E-state index contributed by atoms with van der Waals surface area (Å²) in [6.45, 7) is 3.58. The van der Waals surface area contributed by atoms with Crippen molar-refractivity contribution in [2.75, 3.05) is 26.2 Å². The smallest absolute Gasteiger partial charge is 0.300 e. The third kappa shape index (κ3) is 6.99. The number of rotatable bonds is 6. The molecule has 1 aromatic carbocycles. The average molecular weight is 389 g/mol. The van der Waals surface area contributed by atoms with Crippen LogP contribution in [0.1, 0.15) is 31.4 Å². The van der Waals surface area contributed by atoms with E-state index in [1.165, 1.54) is 0 Å².